The lowest BCUT2D eigenvalue weighted by Crippen LogP contribution is -2.56. The van der Waals surface area contributed by atoms with Crippen LogP contribution in [0.3, 0.4) is 0 Å². The fourth-order valence-electron chi connectivity index (χ4n) is 7.30. The molecule has 4 rings (SSSR count). The largest absolute Gasteiger partial charge is 0.377 e. The van der Waals surface area contributed by atoms with Gasteiger partial charge in [-0.25, -0.2) is 0 Å². The second-order valence-electron chi connectivity index (χ2n) is 9.40. The van der Waals surface area contributed by atoms with Gasteiger partial charge in [0, 0.05) is 18.3 Å². The van der Waals surface area contributed by atoms with Crippen LogP contribution in [0.1, 0.15) is 71.6 Å². The Balaban J connectivity index is 1.66. The zero-order chi connectivity index (χ0) is 16.5. The molecular formula is C21H30O2. The number of carbonyl (C=O) groups is 1. The Morgan fingerprint density at radius 2 is 1.83 bits per heavy atom. The fraction of sp³-hybridized carbons (Fsp3) is 0.857. The zero-order valence-electron chi connectivity index (χ0n) is 14.6. The molecule has 4 fully saturated rings. The normalized spacial score (nSPS) is 55.5. The summed E-state index contributed by atoms with van der Waals surface area (Å²) in [7, 11) is 0. The summed E-state index contributed by atoms with van der Waals surface area (Å²) in [5.74, 6) is 5.83. The van der Waals surface area contributed by atoms with Crippen LogP contribution in [0.5, 0.6) is 0 Å². The Morgan fingerprint density at radius 1 is 1.09 bits per heavy atom. The molecule has 2 heteroatoms. The SMILES string of the molecule is C#C[C@@]1(O)CC[C@@H]2C3CC[C@@H]4CC(=O)CCC4(C)C3CCC21C. The number of terminal acetylenes is 1. The third-order valence-electron chi connectivity index (χ3n) is 8.87. The third-order valence-corrected chi connectivity index (χ3v) is 8.87. The molecule has 7 atom stereocenters. The zero-order valence-corrected chi connectivity index (χ0v) is 14.6. The molecule has 4 aliphatic carbocycles. The van der Waals surface area contributed by atoms with Crippen LogP contribution >= 0.6 is 0 Å². The predicted octanol–water partition coefficient (Wildman–Crippen LogP) is 3.96. The van der Waals surface area contributed by atoms with Gasteiger partial charge in [-0.1, -0.05) is 19.8 Å². The van der Waals surface area contributed by atoms with Gasteiger partial charge in [-0.05, 0) is 74.0 Å². The van der Waals surface area contributed by atoms with Crippen molar-refractivity contribution < 1.29 is 9.90 Å². The molecule has 0 aromatic carbocycles. The molecule has 23 heavy (non-hydrogen) atoms. The average molecular weight is 314 g/mol. The number of carbonyl (C=O) groups excluding carboxylic acids is 1. The maximum Gasteiger partial charge on any atom is 0.133 e. The van der Waals surface area contributed by atoms with Crippen LogP contribution in [0.15, 0.2) is 0 Å². The van der Waals surface area contributed by atoms with E-state index in [4.69, 9.17) is 6.42 Å². The summed E-state index contributed by atoms with van der Waals surface area (Å²) in [4.78, 5) is 11.9. The standard InChI is InChI=1S/C21H30O2/c1-4-21(23)12-9-18-16-6-5-14-13-15(22)7-10-19(14,2)17(16)8-11-20(18,21)3/h1,14,16-18,23H,5-13H2,2-3H3/t14-,16?,17?,18-,19?,20?,21-/m1/s1. The minimum atomic E-state index is -0.900. The molecule has 0 amide bonds. The monoisotopic (exact) mass is 314 g/mol. The minimum Gasteiger partial charge on any atom is -0.377 e. The van der Waals surface area contributed by atoms with Crippen LogP contribution in [0, 0.1) is 46.8 Å². The Bertz CT molecular complexity index is 575. The molecule has 4 aliphatic rings. The number of Topliss-reactive ketones (excluding diaryl/α,β-unsaturated/α-hetero) is 1. The number of rotatable bonds is 0. The van der Waals surface area contributed by atoms with E-state index < -0.39 is 5.60 Å². The van der Waals surface area contributed by atoms with Crippen molar-refractivity contribution in [2.45, 2.75) is 77.2 Å². The van der Waals surface area contributed by atoms with Crippen LogP contribution in [0.25, 0.3) is 0 Å². The van der Waals surface area contributed by atoms with Gasteiger partial charge >= 0.3 is 0 Å². The van der Waals surface area contributed by atoms with Gasteiger partial charge in [-0.3, -0.25) is 4.79 Å². The molecule has 0 aliphatic heterocycles. The van der Waals surface area contributed by atoms with Crippen molar-refractivity contribution in [3.63, 3.8) is 0 Å². The van der Waals surface area contributed by atoms with E-state index in [1.807, 2.05) is 0 Å². The van der Waals surface area contributed by atoms with Crippen molar-refractivity contribution in [1.82, 2.24) is 0 Å². The summed E-state index contributed by atoms with van der Waals surface area (Å²) >= 11 is 0. The van der Waals surface area contributed by atoms with E-state index in [9.17, 15) is 9.90 Å². The lowest BCUT2D eigenvalue weighted by atomic mass is 9.44. The van der Waals surface area contributed by atoms with Crippen molar-refractivity contribution in [2.24, 2.45) is 34.5 Å². The first-order valence-corrected chi connectivity index (χ1v) is 9.56. The quantitative estimate of drug-likeness (QED) is 0.687. The molecule has 0 saturated heterocycles. The van der Waals surface area contributed by atoms with Gasteiger partial charge in [-0.15, -0.1) is 6.42 Å². The highest BCUT2D eigenvalue weighted by Gasteiger charge is 2.64. The van der Waals surface area contributed by atoms with Crippen molar-refractivity contribution in [1.29, 1.82) is 0 Å². The van der Waals surface area contributed by atoms with Crippen LogP contribution < -0.4 is 0 Å². The maximum absolute atomic E-state index is 11.9. The van der Waals surface area contributed by atoms with E-state index in [1.54, 1.807) is 0 Å². The predicted molar refractivity (Wildman–Crippen MR) is 90.5 cm³/mol. The summed E-state index contributed by atoms with van der Waals surface area (Å²) in [5.41, 5.74) is -0.658. The van der Waals surface area contributed by atoms with Crippen LogP contribution in [-0.2, 0) is 4.79 Å². The minimum absolute atomic E-state index is 0.101. The molecule has 4 unspecified atom stereocenters. The van der Waals surface area contributed by atoms with Gasteiger partial charge in [0.15, 0.2) is 0 Å². The molecule has 0 radical (unpaired) electrons. The van der Waals surface area contributed by atoms with E-state index in [1.165, 1.54) is 19.3 Å². The Kier molecular flexibility index (Phi) is 3.31. The van der Waals surface area contributed by atoms with Gasteiger partial charge in [-0.2, -0.15) is 0 Å². The molecule has 4 saturated carbocycles. The van der Waals surface area contributed by atoms with E-state index in [0.717, 1.165) is 44.4 Å². The van der Waals surface area contributed by atoms with E-state index in [-0.39, 0.29) is 5.41 Å². The molecule has 0 heterocycles. The molecule has 0 spiro atoms. The Hall–Kier alpha value is -0.810. The van der Waals surface area contributed by atoms with Gasteiger partial charge < -0.3 is 5.11 Å². The third kappa shape index (κ3) is 1.89. The Labute approximate surface area is 140 Å². The second-order valence-corrected chi connectivity index (χ2v) is 9.40. The molecule has 0 aromatic heterocycles. The lowest BCUT2D eigenvalue weighted by Gasteiger charge is -2.60. The van der Waals surface area contributed by atoms with E-state index in [2.05, 4.69) is 19.8 Å². The summed E-state index contributed by atoms with van der Waals surface area (Å²) < 4.78 is 0. The van der Waals surface area contributed by atoms with Crippen LogP contribution in [-0.4, -0.2) is 16.5 Å². The molecule has 126 valence electrons. The molecule has 0 aromatic rings. The van der Waals surface area contributed by atoms with Gasteiger partial charge in [0.25, 0.3) is 0 Å². The van der Waals surface area contributed by atoms with Crippen molar-refractivity contribution >= 4 is 5.78 Å². The highest BCUT2D eigenvalue weighted by Crippen LogP contribution is 2.67. The van der Waals surface area contributed by atoms with Crippen molar-refractivity contribution in [2.75, 3.05) is 0 Å². The first-order valence-electron chi connectivity index (χ1n) is 9.56. The van der Waals surface area contributed by atoms with Gasteiger partial charge in [0.2, 0.25) is 0 Å². The average Bonchev–Trinajstić information content (AvgIpc) is 2.80. The smallest absolute Gasteiger partial charge is 0.133 e. The maximum atomic E-state index is 11.9. The van der Waals surface area contributed by atoms with E-state index >= 15 is 0 Å². The summed E-state index contributed by atoms with van der Waals surface area (Å²) in [6.45, 7) is 4.71. The topological polar surface area (TPSA) is 37.3 Å². The lowest BCUT2D eigenvalue weighted by molar-refractivity contribution is -0.147. The number of hydrogen-bond acceptors (Lipinski definition) is 2. The summed E-state index contributed by atoms with van der Waals surface area (Å²) in [5, 5.41) is 11.0. The first kappa shape index (κ1) is 15.7. The van der Waals surface area contributed by atoms with Gasteiger partial charge in [0.1, 0.15) is 11.4 Å². The number of aliphatic hydroxyl groups is 1. The highest BCUT2D eigenvalue weighted by molar-refractivity contribution is 5.79. The molecular weight excluding hydrogens is 284 g/mol. The molecule has 2 nitrogen and oxygen atoms in total. The number of fused-ring (bicyclic) bond motifs is 5. The van der Waals surface area contributed by atoms with Crippen molar-refractivity contribution in [3.05, 3.63) is 0 Å². The van der Waals surface area contributed by atoms with Crippen LogP contribution in [0.2, 0.25) is 0 Å². The van der Waals surface area contributed by atoms with Crippen LogP contribution in [0.4, 0.5) is 0 Å². The second kappa shape index (κ2) is 4.85. The Morgan fingerprint density at radius 3 is 2.57 bits per heavy atom. The van der Waals surface area contributed by atoms with Crippen molar-refractivity contribution in [3.8, 4) is 12.3 Å². The highest BCUT2D eigenvalue weighted by atomic mass is 16.3. The number of ketones is 1. The van der Waals surface area contributed by atoms with E-state index in [0.29, 0.717) is 29.0 Å². The summed E-state index contributed by atoms with van der Waals surface area (Å²) in [6, 6.07) is 0. The van der Waals surface area contributed by atoms with Gasteiger partial charge in [0.05, 0.1) is 0 Å². The number of hydrogen-bond donors (Lipinski definition) is 1. The first-order chi connectivity index (χ1) is 10.8. The molecule has 0 bridgehead atoms. The molecule has 1 N–H and O–H groups in total. The fourth-order valence-corrected chi connectivity index (χ4v) is 7.30. The summed E-state index contributed by atoms with van der Waals surface area (Å²) in [6.07, 6.45) is 14.9.